The minimum atomic E-state index is -0.580. The summed E-state index contributed by atoms with van der Waals surface area (Å²) in [5.41, 5.74) is 1.39. The SMILES string of the molecule is CNc1cc(NC(=O)NCCN2CCC(O)(CCc3ccccc3)CC2)ccn1. The van der Waals surface area contributed by atoms with Gasteiger partial charge in [0.2, 0.25) is 0 Å². The predicted molar refractivity (Wildman–Crippen MR) is 116 cm³/mol. The van der Waals surface area contributed by atoms with Gasteiger partial charge in [0.05, 0.1) is 5.60 Å². The zero-order valence-corrected chi connectivity index (χ0v) is 17.0. The second-order valence-corrected chi connectivity index (χ2v) is 7.61. The van der Waals surface area contributed by atoms with Gasteiger partial charge >= 0.3 is 6.03 Å². The molecule has 0 atom stereocenters. The number of carbonyl (C=O) groups is 1. The van der Waals surface area contributed by atoms with E-state index in [9.17, 15) is 9.90 Å². The zero-order valence-electron chi connectivity index (χ0n) is 17.0. The maximum atomic E-state index is 12.1. The first kappa shape index (κ1) is 21.1. The van der Waals surface area contributed by atoms with Crippen LogP contribution in [0.3, 0.4) is 0 Å². The number of pyridine rings is 1. The molecule has 1 aliphatic rings. The number of rotatable bonds is 8. The number of aryl methyl sites for hydroxylation is 1. The lowest BCUT2D eigenvalue weighted by Crippen LogP contribution is -2.47. The number of hydrogen-bond donors (Lipinski definition) is 4. The van der Waals surface area contributed by atoms with E-state index in [4.69, 9.17) is 0 Å². The summed E-state index contributed by atoms with van der Waals surface area (Å²) >= 11 is 0. The van der Waals surface area contributed by atoms with Crippen LogP contribution in [0.4, 0.5) is 16.3 Å². The number of nitrogens with zero attached hydrogens (tertiary/aromatic N) is 2. The van der Waals surface area contributed by atoms with Crippen LogP contribution in [0.2, 0.25) is 0 Å². The number of aromatic nitrogens is 1. The number of nitrogens with one attached hydrogen (secondary N) is 3. The van der Waals surface area contributed by atoms with Crippen molar-refractivity contribution in [1.82, 2.24) is 15.2 Å². The third-order valence-corrected chi connectivity index (χ3v) is 5.50. The van der Waals surface area contributed by atoms with Gasteiger partial charge in [0.15, 0.2) is 0 Å². The fourth-order valence-electron chi connectivity index (χ4n) is 3.61. The molecule has 7 heteroatoms. The molecule has 0 unspecified atom stereocenters. The molecule has 1 fully saturated rings. The van der Waals surface area contributed by atoms with Gasteiger partial charge < -0.3 is 26.0 Å². The van der Waals surface area contributed by atoms with Crippen molar-refractivity contribution in [3.8, 4) is 0 Å². The summed E-state index contributed by atoms with van der Waals surface area (Å²) in [6, 6.07) is 13.6. The quantitative estimate of drug-likeness (QED) is 0.550. The van der Waals surface area contributed by atoms with Gasteiger partial charge in [-0.1, -0.05) is 30.3 Å². The van der Waals surface area contributed by atoms with Crippen LogP contribution in [0.1, 0.15) is 24.8 Å². The highest BCUT2D eigenvalue weighted by Gasteiger charge is 2.31. The van der Waals surface area contributed by atoms with Gasteiger partial charge in [0.25, 0.3) is 0 Å². The van der Waals surface area contributed by atoms with Crippen molar-refractivity contribution in [2.45, 2.75) is 31.3 Å². The first-order valence-electron chi connectivity index (χ1n) is 10.2. The van der Waals surface area contributed by atoms with Gasteiger partial charge in [-0.25, -0.2) is 9.78 Å². The van der Waals surface area contributed by atoms with E-state index in [0.717, 1.165) is 45.3 Å². The largest absolute Gasteiger partial charge is 0.390 e. The minimum Gasteiger partial charge on any atom is -0.390 e. The molecule has 29 heavy (non-hydrogen) atoms. The van der Waals surface area contributed by atoms with Crippen molar-refractivity contribution < 1.29 is 9.90 Å². The van der Waals surface area contributed by atoms with Crippen molar-refractivity contribution in [2.24, 2.45) is 0 Å². The molecule has 0 radical (unpaired) electrons. The third kappa shape index (κ3) is 6.73. The van der Waals surface area contributed by atoms with E-state index in [1.165, 1.54) is 5.56 Å². The highest BCUT2D eigenvalue weighted by atomic mass is 16.3. The first-order chi connectivity index (χ1) is 14.1. The molecular weight excluding hydrogens is 366 g/mol. The number of aliphatic hydroxyl groups is 1. The fraction of sp³-hybridized carbons (Fsp3) is 0.455. The average Bonchev–Trinajstić information content (AvgIpc) is 2.75. The van der Waals surface area contributed by atoms with Crippen molar-refractivity contribution >= 4 is 17.5 Å². The van der Waals surface area contributed by atoms with Crippen molar-refractivity contribution in [3.05, 3.63) is 54.2 Å². The highest BCUT2D eigenvalue weighted by Crippen LogP contribution is 2.27. The maximum absolute atomic E-state index is 12.1. The molecule has 0 saturated carbocycles. The Labute approximate surface area is 172 Å². The Morgan fingerprint density at radius 2 is 1.97 bits per heavy atom. The monoisotopic (exact) mass is 397 g/mol. The van der Waals surface area contributed by atoms with Crippen LogP contribution in [-0.4, -0.2) is 59.8 Å². The van der Waals surface area contributed by atoms with Crippen LogP contribution >= 0.6 is 0 Å². The van der Waals surface area contributed by atoms with E-state index in [-0.39, 0.29) is 6.03 Å². The van der Waals surface area contributed by atoms with Crippen molar-refractivity contribution in [1.29, 1.82) is 0 Å². The van der Waals surface area contributed by atoms with Gasteiger partial charge in [0.1, 0.15) is 5.82 Å². The molecule has 0 aliphatic carbocycles. The summed E-state index contributed by atoms with van der Waals surface area (Å²) in [4.78, 5) is 18.5. The number of amides is 2. The molecular formula is C22H31N5O2. The van der Waals surface area contributed by atoms with Crippen LogP contribution in [0, 0.1) is 0 Å². The van der Waals surface area contributed by atoms with Gasteiger partial charge in [0, 0.05) is 51.2 Å². The molecule has 3 rings (SSSR count). The second-order valence-electron chi connectivity index (χ2n) is 7.61. The summed E-state index contributed by atoms with van der Waals surface area (Å²) in [5, 5.41) is 19.5. The molecule has 1 saturated heterocycles. The smallest absolute Gasteiger partial charge is 0.319 e. The topological polar surface area (TPSA) is 89.5 Å². The predicted octanol–water partition coefficient (Wildman–Crippen LogP) is 2.70. The Morgan fingerprint density at radius 1 is 1.21 bits per heavy atom. The zero-order chi connectivity index (χ0) is 20.5. The Hall–Kier alpha value is -2.64. The van der Waals surface area contributed by atoms with E-state index in [0.29, 0.717) is 18.1 Å². The molecule has 156 valence electrons. The number of likely N-dealkylation sites (tertiary alicyclic amines) is 1. The Bertz CT molecular complexity index is 776. The van der Waals surface area contributed by atoms with Crippen LogP contribution < -0.4 is 16.0 Å². The average molecular weight is 398 g/mol. The minimum absolute atomic E-state index is 0.227. The molecule has 1 aromatic heterocycles. The lowest BCUT2D eigenvalue weighted by atomic mass is 9.86. The number of hydrogen-bond acceptors (Lipinski definition) is 5. The number of carbonyl (C=O) groups excluding carboxylic acids is 1. The van der Waals surface area contributed by atoms with Gasteiger partial charge in [-0.3, -0.25) is 0 Å². The Kier molecular flexibility index (Phi) is 7.43. The Morgan fingerprint density at radius 3 is 2.69 bits per heavy atom. The highest BCUT2D eigenvalue weighted by molar-refractivity contribution is 5.89. The van der Waals surface area contributed by atoms with E-state index in [1.54, 1.807) is 25.4 Å². The lowest BCUT2D eigenvalue weighted by Gasteiger charge is -2.38. The molecule has 0 spiro atoms. The van der Waals surface area contributed by atoms with Crippen molar-refractivity contribution in [3.63, 3.8) is 0 Å². The summed E-state index contributed by atoms with van der Waals surface area (Å²) in [5.74, 6) is 0.705. The van der Waals surface area contributed by atoms with Gasteiger partial charge in [-0.15, -0.1) is 0 Å². The first-order valence-corrected chi connectivity index (χ1v) is 10.2. The molecule has 2 heterocycles. The number of anilines is 2. The molecule has 7 nitrogen and oxygen atoms in total. The molecule has 4 N–H and O–H groups in total. The van der Waals surface area contributed by atoms with E-state index < -0.39 is 5.60 Å². The maximum Gasteiger partial charge on any atom is 0.319 e. The summed E-state index contributed by atoms with van der Waals surface area (Å²) in [7, 11) is 1.79. The summed E-state index contributed by atoms with van der Waals surface area (Å²) in [6.07, 6.45) is 4.90. The molecule has 2 aromatic rings. The number of benzene rings is 1. The van der Waals surface area contributed by atoms with E-state index >= 15 is 0 Å². The van der Waals surface area contributed by atoms with Crippen LogP contribution in [0.5, 0.6) is 0 Å². The summed E-state index contributed by atoms with van der Waals surface area (Å²) in [6.45, 7) is 3.05. The Balaban J connectivity index is 1.33. The van der Waals surface area contributed by atoms with Gasteiger partial charge in [-0.2, -0.15) is 0 Å². The standard InChI is InChI=1S/C22H31N5O2/c1-23-20-17-19(8-12-24-20)26-21(28)25-13-16-27-14-10-22(29,11-15-27)9-7-18-5-3-2-4-6-18/h2-6,8,12,17,29H,7,9-11,13-16H2,1H3,(H3,23,24,25,26,28). The lowest BCUT2D eigenvalue weighted by molar-refractivity contribution is -0.0268. The van der Waals surface area contributed by atoms with E-state index in [2.05, 4.69) is 38.0 Å². The number of piperidine rings is 1. The third-order valence-electron chi connectivity index (χ3n) is 5.50. The number of urea groups is 1. The normalized spacial score (nSPS) is 16.2. The fourth-order valence-corrected chi connectivity index (χ4v) is 3.61. The van der Waals surface area contributed by atoms with Gasteiger partial charge in [-0.05, 0) is 37.3 Å². The van der Waals surface area contributed by atoms with Crippen LogP contribution in [-0.2, 0) is 6.42 Å². The van der Waals surface area contributed by atoms with Crippen molar-refractivity contribution in [2.75, 3.05) is 43.9 Å². The molecule has 1 aliphatic heterocycles. The second kappa shape index (κ2) is 10.2. The molecule has 2 amide bonds. The summed E-state index contributed by atoms with van der Waals surface area (Å²) < 4.78 is 0. The van der Waals surface area contributed by atoms with E-state index in [1.807, 2.05) is 18.2 Å². The molecule has 1 aromatic carbocycles. The van der Waals surface area contributed by atoms with Crippen LogP contribution in [0.25, 0.3) is 0 Å². The van der Waals surface area contributed by atoms with Crippen LogP contribution in [0.15, 0.2) is 48.7 Å². The molecule has 0 bridgehead atoms.